The molecule has 0 fully saturated rings. The molecule has 134 valence electrons. The molecule has 1 aliphatic heterocycles. The highest BCUT2D eigenvalue weighted by atomic mass is 19.2. The van der Waals surface area contributed by atoms with Crippen molar-refractivity contribution in [3.8, 4) is 11.5 Å². The zero-order chi connectivity index (χ0) is 18.6. The largest absolute Gasteiger partial charge is 0.457 e. The molecule has 4 rings (SSSR count). The van der Waals surface area contributed by atoms with Crippen LogP contribution in [0.1, 0.15) is 16.1 Å². The van der Waals surface area contributed by atoms with E-state index in [9.17, 15) is 22.4 Å². The van der Waals surface area contributed by atoms with Crippen LogP contribution in [0.3, 0.4) is 0 Å². The molecule has 0 saturated carbocycles. The molecular formula is C17H9F4NO4. The zero-order valence-corrected chi connectivity index (χ0v) is 13.1. The molecule has 26 heavy (non-hydrogen) atoms. The quantitative estimate of drug-likeness (QED) is 0.417. The molecule has 5 nitrogen and oxygen atoms in total. The zero-order valence-electron chi connectivity index (χ0n) is 13.1. The van der Waals surface area contributed by atoms with E-state index in [1.807, 2.05) is 0 Å². The molecule has 1 amide bonds. The monoisotopic (exact) mass is 367 g/mol. The molecule has 1 N–H and O–H groups in total. The van der Waals surface area contributed by atoms with Gasteiger partial charge < -0.3 is 19.2 Å². The van der Waals surface area contributed by atoms with Gasteiger partial charge in [0.05, 0.1) is 10.9 Å². The Morgan fingerprint density at radius 1 is 1.00 bits per heavy atom. The first-order valence-corrected chi connectivity index (χ1v) is 7.34. The van der Waals surface area contributed by atoms with Crippen LogP contribution in [0.15, 0.2) is 22.6 Å². The Morgan fingerprint density at radius 3 is 2.46 bits per heavy atom. The number of rotatable bonds is 2. The van der Waals surface area contributed by atoms with Crippen molar-refractivity contribution in [3.05, 3.63) is 52.8 Å². The number of hydrogen-bond acceptors (Lipinski definition) is 4. The van der Waals surface area contributed by atoms with Crippen LogP contribution in [0.25, 0.3) is 11.0 Å². The Kier molecular flexibility index (Phi) is 3.53. The minimum atomic E-state index is -2.02. The molecule has 1 aliphatic rings. The lowest BCUT2D eigenvalue weighted by molar-refractivity contribution is 0.102. The summed E-state index contributed by atoms with van der Waals surface area (Å²) in [6.07, 6.45) is 0. The lowest BCUT2D eigenvalue weighted by Gasteiger charge is -2.06. The first kappa shape index (κ1) is 16.2. The highest BCUT2D eigenvalue weighted by Crippen LogP contribution is 2.36. The second-order valence-electron chi connectivity index (χ2n) is 5.52. The lowest BCUT2D eigenvalue weighted by Crippen LogP contribution is -2.13. The number of nitrogens with one attached hydrogen (secondary N) is 1. The lowest BCUT2D eigenvalue weighted by atomic mass is 10.1. The molecule has 0 radical (unpaired) electrons. The third kappa shape index (κ3) is 2.27. The Labute approximate surface area is 143 Å². The number of aryl methyl sites for hydroxylation is 1. The van der Waals surface area contributed by atoms with E-state index in [0.29, 0.717) is 11.5 Å². The van der Waals surface area contributed by atoms with Gasteiger partial charge in [0.2, 0.25) is 18.4 Å². The number of furan rings is 1. The second-order valence-corrected chi connectivity index (χ2v) is 5.52. The minimum Gasteiger partial charge on any atom is -0.457 e. The topological polar surface area (TPSA) is 60.7 Å². The molecule has 2 heterocycles. The van der Waals surface area contributed by atoms with Crippen LogP contribution in [-0.4, -0.2) is 12.7 Å². The van der Waals surface area contributed by atoms with E-state index in [1.165, 1.54) is 19.1 Å². The van der Waals surface area contributed by atoms with Crippen LogP contribution in [-0.2, 0) is 0 Å². The number of fused-ring (bicyclic) bond motifs is 2. The van der Waals surface area contributed by atoms with E-state index in [1.54, 1.807) is 6.07 Å². The van der Waals surface area contributed by atoms with Gasteiger partial charge >= 0.3 is 0 Å². The van der Waals surface area contributed by atoms with E-state index in [4.69, 9.17) is 13.9 Å². The summed E-state index contributed by atoms with van der Waals surface area (Å²) < 4.78 is 70.2. The van der Waals surface area contributed by atoms with Crippen LogP contribution in [0.4, 0.5) is 23.2 Å². The van der Waals surface area contributed by atoms with Gasteiger partial charge in [0.25, 0.3) is 5.91 Å². The number of anilines is 1. The van der Waals surface area contributed by atoms with Crippen molar-refractivity contribution in [3.63, 3.8) is 0 Å². The van der Waals surface area contributed by atoms with Crippen LogP contribution in [0, 0.1) is 30.2 Å². The smallest absolute Gasteiger partial charge is 0.259 e. The molecule has 9 heteroatoms. The summed E-state index contributed by atoms with van der Waals surface area (Å²) in [5, 5.41) is 1.68. The van der Waals surface area contributed by atoms with Gasteiger partial charge in [-0.25, -0.2) is 13.2 Å². The number of benzene rings is 2. The molecule has 0 saturated heterocycles. The molecule has 2 aromatic carbocycles. The highest BCUT2D eigenvalue weighted by molar-refractivity contribution is 6.13. The Morgan fingerprint density at radius 2 is 1.69 bits per heavy atom. The van der Waals surface area contributed by atoms with E-state index in [-0.39, 0.29) is 18.2 Å². The van der Waals surface area contributed by atoms with Gasteiger partial charge in [0, 0.05) is 11.8 Å². The number of hydrogen-bond donors (Lipinski definition) is 1. The number of carbonyl (C=O) groups excluding carboxylic acids is 1. The molecular weight excluding hydrogens is 358 g/mol. The van der Waals surface area contributed by atoms with E-state index >= 15 is 0 Å². The number of amides is 1. The maximum Gasteiger partial charge on any atom is 0.259 e. The Hall–Kier alpha value is -3.23. The molecule has 0 bridgehead atoms. The van der Waals surface area contributed by atoms with Gasteiger partial charge in [0.1, 0.15) is 5.76 Å². The molecule has 3 aromatic rings. The van der Waals surface area contributed by atoms with E-state index < -0.39 is 45.7 Å². The van der Waals surface area contributed by atoms with Crippen molar-refractivity contribution in [1.29, 1.82) is 0 Å². The molecule has 1 aromatic heterocycles. The van der Waals surface area contributed by atoms with Crippen LogP contribution >= 0.6 is 0 Å². The Balaban J connectivity index is 1.79. The summed E-state index contributed by atoms with van der Waals surface area (Å²) in [6, 6.07) is 4.52. The predicted octanol–water partition coefficient (Wildman–Crippen LogP) is 4.28. The summed E-state index contributed by atoms with van der Waals surface area (Å²) in [5.41, 5.74) is -1.03. The normalized spacial score (nSPS) is 12.7. The first-order valence-electron chi connectivity index (χ1n) is 7.34. The van der Waals surface area contributed by atoms with Gasteiger partial charge in [-0.1, -0.05) is 0 Å². The van der Waals surface area contributed by atoms with Crippen LogP contribution in [0.2, 0.25) is 0 Å². The number of ether oxygens (including phenoxy) is 2. The van der Waals surface area contributed by atoms with Crippen LogP contribution in [0.5, 0.6) is 11.5 Å². The standard InChI is InChI=1S/C17H9F4NO4/c1-6-10(11-12(18)13(19)14(20)15(21)16(11)26-6)17(23)22-7-2-3-8-9(4-7)25-5-24-8/h2-4H,5H2,1H3,(H,22,23). The van der Waals surface area contributed by atoms with Gasteiger partial charge in [-0.3, -0.25) is 4.79 Å². The summed E-state index contributed by atoms with van der Waals surface area (Å²) >= 11 is 0. The SMILES string of the molecule is Cc1oc2c(F)c(F)c(F)c(F)c2c1C(=O)Nc1ccc2c(c1)OCO2. The van der Waals surface area contributed by atoms with Crippen molar-refractivity contribution < 1.29 is 36.2 Å². The third-order valence-corrected chi connectivity index (χ3v) is 3.94. The maximum absolute atomic E-state index is 14.1. The van der Waals surface area contributed by atoms with Crippen molar-refractivity contribution in [2.24, 2.45) is 0 Å². The summed E-state index contributed by atoms with van der Waals surface area (Å²) in [7, 11) is 0. The van der Waals surface area contributed by atoms with Crippen LogP contribution < -0.4 is 14.8 Å². The predicted molar refractivity (Wildman–Crippen MR) is 81.3 cm³/mol. The van der Waals surface area contributed by atoms with Gasteiger partial charge in [-0.2, -0.15) is 4.39 Å². The summed E-state index contributed by atoms with van der Waals surface area (Å²) in [5.74, 6) is -7.64. The summed E-state index contributed by atoms with van der Waals surface area (Å²) in [6.45, 7) is 1.29. The van der Waals surface area contributed by atoms with Crippen molar-refractivity contribution in [2.45, 2.75) is 6.92 Å². The average molecular weight is 367 g/mol. The van der Waals surface area contributed by atoms with Crippen molar-refractivity contribution >= 4 is 22.6 Å². The molecule has 0 spiro atoms. The van der Waals surface area contributed by atoms with E-state index in [2.05, 4.69) is 5.32 Å². The molecule has 0 atom stereocenters. The second kappa shape index (κ2) is 5.65. The van der Waals surface area contributed by atoms with Gasteiger partial charge in [0.15, 0.2) is 28.7 Å². The highest BCUT2D eigenvalue weighted by Gasteiger charge is 2.30. The molecule has 0 unspecified atom stereocenters. The fourth-order valence-corrected chi connectivity index (χ4v) is 2.75. The Bertz CT molecular complexity index is 1080. The van der Waals surface area contributed by atoms with Crippen molar-refractivity contribution in [2.75, 3.05) is 12.1 Å². The first-order chi connectivity index (χ1) is 12.4. The van der Waals surface area contributed by atoms with Gasteiger partial charge in [-0.15, -0.1) is 0 Å². The molecule has 0 aliphatic carbocycles. The minimum absolute atomic E-state index is 0.0353. The van der Waals surface area contributed by atoms with Gasteiger partial charge in [-0.05, 0) is 19.1 Å². The summed E-state index contributed by atoms with van der Waals surface area (Å²) in [4.78, 5) is 12.5. The van der Waals surface area contributed by atoms with Crippen molar-refractivity contribution in [1.82, 2.24) is 0 Å². The number of halogens is 4. The fourth-order valence-electron chi connectivity index (χ4n) is 2.75. The maximum atomic E-state index is 14.1. The third-order valence-electron chi connectivity index (χ3n) is 3.94. The number of carbonyl (C=O) groups is 1. The van der Waals surface area contributed by atoms with E-state index in [0.717, 1.165) is 0 Å². The average Bonchev–Trinajstić information content (AvgIpc) is 3.21. The fraction of sp³-hybridized carbons (Fsp3) is 0.118.